The molecule has 0 bridgehead atoms. The van der Waals surface area contributed by atoms with E-state index in [1.807, 2.05) is 53.7 Å². The molecule has 4 heteroatoms. The molecule has 0 fully saturated rings. The number of esters is 1. The highest BCUT2D eigenvalue weighted by molar-refractivity contribution is 5.75. The summed E-state index contributed by atoms with van der Waals surface area (Å²) in [5.74, 6) is -0.205. The smallest absolute Gasteiger partial charge is 0.348 e. The van der Waals surface area contributed by atoms with Crippen molar-refractivity contribution in [1.82, 2.24) is 4.57 Å². The van der Waals surface area contributed by atoms with Crippen molar-refractivity contribution in [1.29, 1.82) is 0 Å². The molecular weight excluding hydrogens is 204 g/mol. The van der Waals surface area contributed by atoms with Crippen LogP contribution in [0.1, 0.15) is 6.92 Å². The van der Waals surface area contributed by atoms with Crippen molar-refractivity contribution < 1.29 is 14.1 Å². The zero-order valence-electron chi connectivity index (χ0n) is 9.51. The Bertz CT molecular complexity index is 517. The van der Waals surface area contributed by atoms with Gasteiger partial charge in [0.05, 0.1) is 13.7 Å². The first kappa shape index (κ1) is 10.7. The topological polar surface area (TPSA) is 35.1 Å². The van der Waals surface area contributed by atoms with Gasteiger partial charge < -0.3 is 4.74 Å². The molecule has 0 aliphatic carbocycles. The monoisotopic (exact) mass is 219 g/mol. The second kappa shape index (κ2) is 4.35. The van der Waals surface area contributed by atoms with Crippen LogP contribution in [-0.4, -0.2) is 17.1 Å². The normalized spacial score (nSPS) is 10.6. The number of fused-ring (bicyclic) bond motifs is 1. The number of carbonyl (C=O) groups excluding carboxylic acids is 1. The Morgan fingerprint density at radius 2 is 2.19 bits per heavy atom. The van der Waals surface area contributed by atoms with Crippen LogP contribution in [0.3, 0.4) is 0 Å². The van der Waals surface area contributed by atoms with Gasteiger partial charge in [0.15, 0.2) is 17.6 Å². The molecule has 4 nitrogen and oxygen atoms in total. The van der Waals surface area contributed by atoms with Crippen LogP contribution in [0.25, 0.3) is 11.0 Å². The van der Waals surface area contributed by atoms with E-state index in [0.29, 0.717) is 6.61 Å². The molecule has 0 atom stereocenters. The number of nitrogens with zero attached hydrogens (tertiary/aromatic N) is 2. The summed E-state index contributed by atoms with van der Waals surface area (Å²) in [7, 11) is 1.96. The van der Waals surface area contributed by atoms with Gasteiger partial charge in [0.1, 0.15) is 0 Å². The number of aromatic nitrogens is 2. The van der Waals surface area contributed by atoms with Gasteiger partial charge in [-0.2, -0.15) is 0 Å². The van der Waals surface area contributed by atoms with Crippen molar-refractivity contribution in [3.05, 3.63) is 30.6 Å². The first-order chi connectivity index (χ1) is 7.72. The van der Waals surface area contributed by atoms with Crippen LogP contribution in [0.15, 0.2) is 30.6 Å². The summed E-state index contributed by atoms with van der Waals surface area (Å²) < 4.78 is 8.83. The van der Waals surface area contributed by atoms with Crippen molar-refractivity contribution >= 4 is 17.0 Å². The lowest BCUT2D eigenvalue weighted by Crippen LogP contribution is -2.25. The van der Waals surface area contributed by atoms with Gasteiger partial charge in [0, 0.05) is 0 Å². The average molecular weight is 219 g/mol. The van der Waals surface area contributed by atoms with Crippen LogP contribution >= 0.6 is 0 Å². The Morgan fingerprint density at radius 3 is 2.94 bits per heavy atom. The summed E-state index contributed by atoms with van der Waals surface area (Å²) in [6, 6.07) is 7.96. The Kier molecular flexibility index (Phi) is 2.90. The number of para-hydroxylation sites is 2. The molecule has 0 aliphatic heterocycles. The molecule has 0 unspecified atom stereocenters. The molecule has 2 rings (SSSR count). The molecule has 0 radical (unpaired) electrons. The Morgan fingerprint density at radius 1 is 1.44 bits per heavy atom. The van der Waals surface area contributed by atoms with Gasteiger partial charge >= 0.3 is 5.97 Å². The van der Waals surface area contributed by atoms with Gasteiger partial charge in [0.25, 0.3) is 0 Å². The highest BCUT2D eigenvalue weighted by atomic mass is 16.5. The van der Waals surface area contributed by atoms with E-state index in [-0.39, 0.29) is 12.5 Å². The van der Waals surface area contributed by atoms with Crippen LogP contribution in [0.4, 0.5) is 0 Å². The van der Waals surface area contributed by atoms with E-state index >= 15 is 0 Å². The summed E-state index contributed by atoms with van der Waals surface area (Å²) in [6.07, 6.45) is 1.90. The number of rotatable bonds is 3. The predicted octanol–water partition coefficient (Wildman–Crippen LogP) is 1.03. The van der Waals surface area contributed by atoms with Crippen LogP contribution in [0, 0.1) is 0 Å². The van der Waals surface area contributed by atoms with E-state index in [4.69, 9.17) is 4.74 Å². The summed E-state index contributed by atoms with van der Waals surface area (Å²) >= 11 is 0. The van der Waals surface area contributed by atoms with Crippen molar-refractivity contribution in [2.75, 3.05) is 6.61 Å². The average Bonchev–Trinajstić information content (AvgIpc) is 2.57. The lowest BCUT2D eigenvalue weighted by molar-refractivity contribution is -0.645. The minimum atomic E-state index is -0.205. The van der Waals surface area contributed by atoms with E-state index in [1.165, 1.54) is 0 Å². The molecule has 16 heavy (non-hydrogen) atoms. The van der Waals surface area contributed by atoms with E-state index in [1.54, 1.807) is 0 Å². The quantitative estimate of drug-likeness (QED) is 0.571. The second-order valence-electron chi connectivity index (χ2n) is 3.65. The predicted molar refractivity (Wildman–Crippen MR) is 59.7 cm³/mol. The van der Waals surface area contributed by atoms with Crippen LogP contribution in [0.2, 0.25) is 0 Å². The number of imidazole rings is 1. The highest BCUT2D eigenvalue weighted by Gasteiger charge is 2.15. The van der Waals surface area contributed by atoms with Crippen LogP contribution < -0.4 is 4.57 Å². The Hall–Kier alpha value is -1.84. The van der Waals surface area contributed by atoms with E-state index in [9.17, 15) is 4.79 Å². The molecule has 1 heterocycles. The van der Waals surface area contributed by atoms with Crippen molar-refractivity contribution in [3.8, 4) is 0 Å². The molecule has 1 aromatic heterocycles. The largest absolute Gasteiger partial charge is 0.463 e. The summed E-state index contributed by atoms with van der Waals surface area (Å²) in [4.78, 5) is 11.4. The standard InChI is InChI=1S/C12H15N2O2/c1-3-16-12(15)8-14-9-13(2)10-6-4-5-7-11(10)14/h4-7,9H,3,8H2,1-2H3/q+1. The molecule has 0 amide bonds. The van der Waals surface area contributed by atoms with Gasteiger partial charge in [-0.3, -0.25) is 0 Å². The number of benzene rings is 1. The number of carbonyl (C=O) groups is 1. The van der Waals surface area contributed by atoms with Crippen LogP contribution in [-0.2, 0) is 23.1 Å². The molecule has 0 saturated carbocycles. The third kappa shape index (κ3) is 1.91. The molecule has 1 aromatic carbocycles. The Labute approximate surface area is 94.1 Å². The van der Waals surface area contributed by atoms with Gasteiger partial charge in [-0.1, -0.05) is 12.1 Å². The van der Waals surface area contributed by atoms with E-state index < -0.39 is 0 Å². The maximum absolute atomic E-state index is 11.4. The third-order valence-corrected chi connectivity index (χ3v) is 2.49. The number of hydrogen-bond acceptors (Lipinski definition) is 2. The van der Waals surface area contributed by atoms with Gasteiger partial charge in [-0.05, 0) is 19.1 Å². The summed E-state index contributed by atoms with van der Waals surface area (Å²) in [6.45, 7) is 2.49. The Balaban J connectivity index is 2.34. The first-order valence-electron chi connectivity index (χ1n) is 5.31. The summed E-state index contributed by atoms with van der Waals surface area (Å²) in [5.41, 5.74) is 2.14. The maximum Gasteiger partial charge on any atom is 0.348 e. The number of ether oxygens (including phenoxy) is 1. The lowest BCUT2D eigenvalue weighted by Gasteiger charge is -1.98. The van der Waals surface area contributed by atoms with Crippen LogP contribution in [0.5, 0.6) is 0 Å². The third-order valence-electron chi connectivity index (χ3n) is 2.49. The fraction of sp³-hybridized carbons (Fsp3) is 0.333. The molecule has 0 N–H and O–H groups in total. The minimum absolute atomic E-state index is 0.205. The van der Waals surface area contributed by atoms with Crippen molar-refractivity contribution in [3.63, 3.8) is 0 Å². The first-order valence-corrected chi connectivity index (χ1v) is 5.31. The van der Waals surface area contributed by atoms with Crippen molar-refractivity contribution in [2.24, 2.45) is 7.05 Å². The van der Waals surface area contributed by atoms with Gasteiger partial charge in [0.2, 0.25) is 6.33 Å². The summed E-state index contributed by atoms with van der Waals surface area (Å²) in [5, 5.41) is 0. The highest BCUT2D eigenvalue weighted by Crippen LogP contribution is 2.09. The fourth-order valence-corrected chi connectivity index (χ4v) is 1.81. The number of hydrogen-bond donors (Lipinski definition) is 0. The second-order valence-corrected chi connectivity index (χ2v) is 3.65. The maximum atomic E-state index is 11.4. The van der Waals surface area contributed by atoms with Crippen molar-refractivity contribution in [2.45, 2.75) is 13.5 Å². The zero-order chi connectivity index (χ0) is 11.5. The zero-order valence-corrected chi connectivity index (χ0v) is 9.51. The molecule has 0 saturated heterocycles. The van der Waals surface area contributed by atoms with Gasteiger partial charge in [-0.15, -0.1) is 0 Å². The van der Waals surface area contributed by atoms with E-state index in [0.717, 1.165) is 11.0 Å². The minimum Gasteiger partial charge on any atom is -0.463 e. The van der Waals surface area contributed by atoms with Gasteiger partial charge in [-0.25, -0.2) is 13.9 Å². The fourth-order valence-electron chi connectivity index (χ4n) is 1.81. The molecule has 84 valence electrons. The number of aryl methyl sites for hydroxylation is 1. The molecule has 2 aromatic rings. The SMILES string of the molecule is CCOC(=O)Cn1c[n+](C)c2ccccc21. The molecule has 0 aliphatic rings. The van der Waals surface area contributed by atoms with E-state index in [2.05, 4.69) is 0 Å². The molecule has 0 spiro atoms. The lowest BCUT2D eigenvalue weighted by atomic mass is 10.3. The molecular formula is C12H15N2O2+.